The molecule has 0 fully saturated rings. The molecule has 1 atom stereocenters. The standard InChI is InChI=1S/C19H17ClN2O4/c1-19(2)5-12(23)17-15(6-19)26-18(22)10(7-21)16(17)9-3-13-14(4-11(9)20)25-8-24-13/h3-4,16H,5-6,8,22H2,1-2H3/t16-/m1/s1. The van der Waals surface area contributed by atoms with E-state index in [1.54, 1.807) is 12.1 Å². The Labute approximate surface area is 155 Å². The fourth-order valence-electron chi connectivity index (χ4n) is 3.75. The minimum absolute atomic E-state index is 0.00971. The first-order valence-corrected chi connectivity index (χ1v) is 8.61. The molecule has 2 N–H and O–H groups in total. The van der Waals surface area contributed by atoms with Crippen LogP contribution in [-0.4, -0.2) is 12.6 Å². The molecule has 4 rings (SSSR count). The maximum absolute atomic E-state index is 12.9. The third-order valence-electron chi connectivity index (χ3n) is 4.88. The molecule has 0 bridgehead atoms. The molecule has 0 aromatic heterocycles. The molecule has 1 aliphatic carbocycles. The van der Waals surface area contributed by atoms with E-state index < -0.39 is 5.92 Å². The van der Waals surface area contributed by atoms with Gasteiger partial charge in [-0.05, 0) is 17.0 Å². The normalized spacial score (nSPS) is 23.5. The van der Waals surface area contributed by atoms with E-state index in [0.717, 1.165) is 0 Å². The summed E-state index contributed by atoms with van der Waals surface area (Å²) in [6.45, 7) is 4.10. The van der Waals surface area contributed by atoms with Gasteiger partial charge in [-0.1, -0.05) is 25.4 Å². The molecule has 134 valence electrons. The highest BCUT2D eigenvalue weighted by Gasteiger charge is 2.43. The summed E-state index contributed by atoms with van der Waals surface area (Å²) in [5.41, 5.74) is 6.99. The molecule has 2 aliphatic heterocycles. The molecule has 0 saturated heterocycles. The number of hydrogen-bond donors (Lipinski definition) is 1. The fraction of sp³-hybridized carbons (Fsp3) is 0.368. The first-order chi connectivity index (χ1) is 12.3. The van der Waals surface area contributed by atoms with Gasteiger partial charge in [0.1, 0.15) is 17.4 Å². The smallest absolute Gasteiger partial charge is 0.231 e. The van der Waals surface area contributed by atoms with E-state index in [4.69, 9.17) is 31.5 Å². The maximum atomic E-state index is 12.9. The predicted octanol–water partition coefficient (Wildman–Crippen LogP) is 3.52. The topological polar surface area (TPSA) is 94.6 Å². The minimum atomic E-state index is -0.672. The van der Waals surface area contributed by atoms with Crippen LogP contribution in [0.25, 0.3) is 0 Å². The van der Waals surface area contributed by atoms with Gasteiger partial charge in [0.25, 0.3) is 0 Å². The lowest BCUT2D eigenvalue weighted by atomic mass is 9.70. The van der Waals surface area contributed by atoms with Crippen LogP contribution in [0.3, 0.4) is 0 Å². The molecule has 7 heteroatoms. The number of hydrogen-bond acceptors (Lipinski definition) is 6. The second kappa shape index (κ2) is 5.68. The zero-order valence-corrected chi connectivity index (χ0v) is 15.1. The average molecular weight is 373 g/mol. The van der Waals surface area contributed by atoms with Crippen LogP contribution in [0.5, 0.6) is 11.5 Å². The van der Waals surface area contributed by atoms with E-state index in [1.165, 1.54) is 0 Å². The highest BCUT2D eigenvalue weighted by atomic mass is 35.5. The Hall–Kier alpha value is -2.65. The van der Waals surface area contributed by atoms with Gasteiger partial charge in [-0.3, -0.25) is 4.79 Å². The number of ether oxygens (including phenoxy) is 3. The average Bonchev–Trinajstić information content (AvgIpc) is 2.98. The van der Waals surface area contributed by atoms with Crippen molar-refractivity contribution in [3.63, 3.8) is 0 Å². The Morgan fingerprint density at radius 3 is 2.65 bits per heavy atom. The second-order valence-electron chi connectivity index (χ2n) is 7.43. The molecule has 0 spiro atoms. The van der Waals surface area contributed by atoms with E-state index in [-0.39, 0.29) is 29.4 Å². The van der Waals surface area contributed by atoms with E-state index in [0.29, 0.717) is 46.3 Å². The number of benzene rings is 1. The van der Waals surface area contributed by atoms with E-state index >= 15 is 0 Å². The molecule has 1 aromatic rings. The van der Waals surface area contributed by atoms with Crippen LogP contribution in [0.15, 0.2) is 34.9 Å². The molecular formula is C19H17ClN2O4. The zero-order valence-electron chi connectivity index (χ0n) is 14.4. The summed E-state index contributed by atoms with van der Waals surface area (Å²) >= 11 is 6.46. The number of fused-ring (bicyclic) bond motifs is 1. The van der Waals surface area contributed by atoms with Gasteiger partial charge in [-0.15, -0.1) is 0 Å². The van der Waals surface area contributed by atoms with Crippen molar-refractivity contribution < 1.29 is 19.0 Å². The van der Waals surface area contributed by atoms with Gasteiger partial charge in [0, 0.05) is 29.5 Å². The van der Waals surface area contributed by atoms with Gasteiger partial charge in [-0.25, -0.2) is 0 Å². The Bertz CT molecular complexity index is 940. The molecule has 26 heavy (non-hydrogen) atoms. The molecule has 0 unspecified atom stereocenters. The summed E-state index contributed by atoms with van der Waals surface area (Å²) in [6, 6.07) is 5.43. The Kier molecular flexibility index (Phi) is 3.67. The van der Waals surface area contributed by atoms with E-state index in [9.17, 15) is 10.1 Å². The van der Waals surface area contributed by atoms with Crippen molar-refractivity contribution >= 4 is 17.4 Å². The van der Waals surface area contributed by atoms with Crippen molar-refractivity contribution in [2.45, 2.75) is 32.6 Å². The van der Waals surface area contributed by atoms with Crippen molar-refractivity contribution in [2.75, 3.05) is 6.79 Å². The van der Waals surface area contributed by atoms with Gasteiger partial charge in [0.15, 0.2) is 17.3 Å². The van der Waals surface area contributed by atoms with Crippen LogP contribution in [0.4, 0.5) is 0 Å². The highest BCUT2D eigenvalue weighted by Crippen LogP contribution is 2.50. The number of nitrogens with two attached hydrogens (primary N) is 1. The summed E-state index contributed by atoms with van der Waals surface area (Å²) in [5, 5.41) is 10.0. The van der Waals surface area contributed by atoms with Gasteiger partial charge in [0.05, 0.1) is 5.92 Å². The number of Topliss-reactive ketones (excluding diaryl/α,β-unsaturated/α-hetero) is 1. The number of carbonyl (C=O) groups is 1. The third kappa shape index (κ3) is 2.51. The monoisotopic (exact) mass is 372 g/mol. The van der Waals surface area contributed by atoms with Crippen molar-refractivity contribution in [2.24, 2.45) is 11.1 Å². The molecule has 0 radical (unpaired) electrons. The van der Waals surface area contributed by atoms with Crippen LogP contribution in [0.2, 0.25) is 5.02 Å². The summed E-state index contributed by atoms with van der Waals surface area (Å²) < 4.78 is 16.5. The maximum Gasteiger partial charge on any atom is 0.231 e. The lowest BCUT2D eigenvalue weighted by molar-refractivity contribution is -0.119. The molecule has 1 aromatic carbocycles. The van der Waals surface area contributed by atoms with Gasteiger partial charge in [0.2, 0.25) is 12.7 Å². The van der Waals surface area contributed by atoms with Crippen molar-refractivity contribution in [1.29, 1.82) is 5.26 Å². The number of carbonyl (C=O) groups excluding carboxylic acids is 1. The van der Waals surface area contributed by atoms with Gasteiger partial charge in [-0.2, -0.15) is 5.26 Å². The van der Waals surface area contributed by atoms with Crippen molar-refractivity contribution in [1.82, 2.24) is 0 Å². The summed E-state index contributed by atoms with van der Waals surface area (Å²) in [6.07, 6.45) is 0.929. The largest absolute Gasteiger partial charge is 0.454 e. The number of allylic oxidation sites excluding steroid dienone is 3. The van der Waals surface area contributed by atoms with Crippen LogP contribution in [-0.2, 0) is 9.53 Å². The molecular weight excluding hydrogens is 356 g/mol. The Morgan fingerprint density at radius 2 is 1.96 bits per heavy atom. The van der Waals surface area contributed by atoms with E-state index in [1.807, 2.05) is 13.8 Å². The number of ketones is 1. The minimum Gasteiger partial charge on any atom is -0.454 e. The number of nitrogens with zero attached hydrogens (tertiary/aromatic N) is 1. The van der Waals surface area contributed by atoms with Crippen LogP contribution in [0.1, 0.15) is 38.2 Å². The Balaban J connectivity index is 1.92. The van der Waals surface area contributed by atoms with Crippen LogP contribution >= 0.6 is 11.6 Å². The molecule has 6 nitrogen and oxygen atoms in total. The predicted molar refractivity (Wildman–Crippen MR) is 93.3 cm³/mol. The summed E-state index contributed by atoms with van der Waals surface area (Å²) in [5.74, 6) is 0.852. The van der Waals surface area contributed by atoms with Crippen molar-refractivity contribution in [3.05, 3.63) is 45.5 Å². The number of rotatable bonds is 1. The van der Waals surface area contributed by atoms with Crippen molar-refractivity contribution in [3.8, 4) is 17.6 Å². The summed E-state index contributed by atoms with van der Waals surface area (Å²) in [4.78, 5) is 12.9. The third-order valence-corrected chi connectivity index (χ3v) is 5.21. The first kappa shape index (κ1) is 16.8. The lowest BCUT2D eigenvalue weighted by Crippen LogP contribution is -2.33. The second-order valence-corrected chi connectivity index (χ2v) is 7.84. The molecule has 3 aliphatic rings. The van der Waals surface area contributed by atoms with E-state index in [2.05, 4.69) is 6.07 Å². The van der Waals surface area contributed by atoms with Gasteiger partial charge < -0.3 is 19.9 Å². The molecule has 0 saturated carbocycles. The molecule has 2 heterocycles. The number of halogens is 1. The van der Waals surface area contributed by atoms with Crippen LogP contribution in [0, 0.1) is 16.7 Å². The van der Waals surface area contributed by atoms with Gasteiger partial charge >= 0.3 is 0 Å². The highest BCUT2D eigenvalue weighted by molar-refractivity contribution is 6.31. The Morgan fingerprint density at radius 1 is 1.27 bits per heavy atom. The lowest BCUT2D eigenvalue weighted by Gasteiger charge is -2.37. The number of nitriles is 1. The quantitative estimate of drug-likeness (QED) is 0.810. The zero-order chi connectivity index (χ0) is 18.6. The molecule has 0 amide bonds. The first-order valence-electron chi connectivity index (χ1n) is 8.23. The fourth-order valence-corrected chi connectivity index (χ4v) is 4.01. The van der Waals surface area contributed by atoms with Crippen LogP contribution < -0.4 is 15.2 Å². The summed E-state index contributed by atoms with van der Waals surface area (Å²) in [7, 11) is 0. The SMILES string of the molecule is CC1(C)CC(=O)C2=C(C1)OC(N)=C(C#N)[C@H]2c1cc2c(cc1Cl)OCO2.